The number of nitrogens with two attached hydrogens (primary N) is 1. The molecule has 2 amide bonds. The zero-order valence-electron chi connectivity index (χ0n) is 18.6. The summed E-state index contributed by atoms with van der Waals surface area (Å²) < 4.78 is 5.52. The van der Waals surface area contributed by atoms with E-state index in [0.717, 1.165) is 18.8 Å². The molecule has 2 heterocycles. The smallest absolute Gasteiger partial charge is 0.410 e. The number of anilines is 2. The molecule has 1 aliphatic heterocycles. The number of carbonyl (C=O) groups is 2. The summed E-state index contributed by atoms with van der Waals surface area (Å²) in [6.45, 7) is 14.4. The second kappa shape index (κ2) is 8.88. The van der Waals surface area contributed by atoms with Crippen molar-refractivity contribution in [3.8, 4) is 0 Å². The van der Waals surface area contributed by atoms with Gasteiger partial charge in [-0.3, -0.25) is 9.78 Å². The highest BCUT2D eigenvalue weighted by Crippen LogP contribution is 2.23. The average molecular weight is 406 g/mol. The van der Waals surface area contributed by atoms with Gasteiger partial charge < -0.3 is 25.2 Å². The fraction of sp³-hybridized carbons (Fsp3) is 0.667. The summed E-state index contributed by atoms with van der Waals surface area (Å²) in [5.41, 5.74) is 6.60. The van der Waals surface area contributed by atoms with E-state index in [-0.39, 0.29) is 12.3 Å². The minimum atomic E-state index is -0.574. The van der Waals surface area contributed by atoms with Gasteiger partial charge in [-0.25, -0.2) is 4.79 Å². The molecule has 0 spiro atoms. The Morgan fingerprint density at radius 1 is 1.14 bits per heavy atom. The molecular formula is C21H35N5O3. The lowest BCUT2D eigenvalue weighted by Gasteiger charge is -2.38. The standard InChI is InChI=1S/C21H35N5O3/c1-20(2,3)26(19(28)29-21(4,5)6)10-8-18(27)25-13-11-24(12-14-25)17-7-9-23-15-16(17)22/h7,9,15H,8,10-14,22H2,1-6H3. The largest absolute Gasteiger partial charge is 0.444 e. The summed E-state index contributed by atoms with van der Waals surface area (Å²) in [6.07, 6.45) is 3.25. The highest BCUT2D eigenvalue weighted by Gasteiger charge is 2.31. The van der Waals surface area contributed by atoms with Gasteiger partial charge in [-0.15, -0.1) is 0 Å². The van der Waals surface area contributed by atoms with Gasteiger partial charge in [0.1, 0.15) is 5.60 Å². The molecule has 0 bridgehead atoms. The van der Waals surface area contributed by atoms with Gasteiger partial charge in [-0.1, -0.05) is 0 Å². The number of hydrogen-bond donors (Lipinski definition) is 1. The first-order valence-electron chi connectivity index (χ1n) is 10.1. The first-order valence-corrected chi connectivity index (χ1v) is 10.1. The van der Waals surface area contributed by atoms with Gasteiger partial charge in [0.15, 0.2) is 0 Å². The lowest BCUT2D eigenvalue weighted by Crippen LogP contribution is -2.51. The zero-order valence-corrected chi connectivity index (χ0v) is 18.6. The Morgan fingerprint density at radius 2 is 1.76 bits per heavy atom. The van der Waals surface area contributed by atoms with E-state index in [1.165, 1.54) is 0 Å². The normalized spacial score (nSPS) is 15.2. The highest BCUT2D eigenvalue weighted by molar-refractivity contribution is 5.78. The number of nitrogens with zero attached hydrogens (tertiary/aromatic N) is 4. The van der Waals surface area contributed by atoms with Crippen LogP contribution in [0.3, 0.4) is 0 Å². The summed E-state index contributed by atoms with van der Waals surface area (Å²) in [5, 5.41) is 0. The van der Waals surface area contributed by atoms with Crippen molar-refractivity contribution >= 4 is 23.4 Å². The maximum absolute atomic E-state index is 12.7. The molecule has 1 fully saturated rings. The number of carbonyl (C=O) groups excluding carboxylic acids is 2. The summed E-state index contributed by atoms with van der Waals surface area (Å²) in [4.78, 5) is 35.0. The molecule has 8 nitrogen and oxygen atoms in total. The van der Waals surface area contributed by atoms with E-state index >= 15 is 0 Å². The summed E-state index contributed by atoms with van der Waals surface area (Å²) in [6, 6.07) is 1.90. The van der Waals surface area contributed by atoms with E-state index in [0.29, 0.717) is 25.3 Å². The van der Waals surface area contributed by atoms with Gasteiger partial charge in [0.2, 0.25) is 5.91 Å². The van der Waals surface area contributed by atoms with Crippen LogP contribution in [0.2, 0.25) is 0 Å². The molecule has 1 aromatic rings. The Hall–Kier alpha value is -2.51. The van der Waals surface area contributed by atoms with Crippen LogP contribution in [-0.4, -0.2) is 70.6 Å². The molecule has 8 heteroatoms. The molecular weight excluding hydrogens is 370 g/mol. The van der Waals surface area contributed by atoms with Crippen molar-refractivity contribution in [3.63, 3.8) is 0 Å². The molecule has 162 valence electrons. The Bertz CT molecular complexity index is 716. The Kier molecular flexibility index (Phi) is 6.97. The van der Waals surface area contributed by atoms with Crippen LogP contribution >= 0.6 is 0 Å². The first-order chi connectivity index (χ1) is 13.4. The quantitative estimate of drug-likeness (QED) is 0.828. The van der Waals surface area contributed by atoms with Crippen molar-refractivity contribution < 1.29 is 14.3 Å². The fourth-order valence-electron chi connectivity index (χ4n) is 3.27. The minimum absolute atomic E-state index is 0.0464. The highest BCUT2D eigenvalue weighted by atomic mass is 16.6. The molecule has 0 aromatic carbocycles. The molecule has 2 N–H and O–H groups in total. The van der Waals surface area contributed by atoms with Gasteiger partial charge in [0, 0.05) is 50.9 Å². The zero-order chi connectivity index (χ0) is 21.8. The number of ether oxygens (including phenoxy) is 1. The van der Waals surface area contributed by atoms with E-state index in [2.05, 4.69) is 9.88 Å². The minimum Gasteiger partial charge on any atom is -0.444 e. The number of nitrogen functional groups attached to an aromatic ring is 1. The third kappa shape index (κ3) is 6.51. The van der Waals surface area contributed by atoms with E-state index in [1.54, 1.807) is 17.3 Å². The molecule has 1 saturated heterocycles. The fourth-order valence-corrected chi connectivity index (χ4v) is 3.27. The Balaban J connectivity index is 1.91. The molecule has 1 aliphatic rings. The maximum atomic E-state index is 12.7. The third-order valence-electron chi connectivity index (χ3n) is 4.77. The van der Waals surface area contributed by atoms with Crippen LogP contribution in [0.1, 0.15) is 48.0 Å². The number of aromatic nitrogens is 1. The topological polar surface area (TPSA) is 92.0 Å². The van der Waals surface area contributed by atoms with Crippen LogP contribution in [-0.2, 0) is 9.53 Å². The molecule has 0 radical (unpaired) electrons. The lowest BCUT2D eigenvalue weighted by molar-refractivity contribution is -0.131. The van der Waals surface area contributed by atoms with E-state index < -0.39 is 17.2 Å². The van der Waals surface area contributed by atoms with Crippen LogP contribution in [0.5, 0.6) is 0 Å². The van der Waals surface area contributed by atoms with Crippen molar-refractivity contribution in [2.24, 2.45) is 0 Å². The van der Waals surface area contributed by atoms with Gasteiger partial charge >= 0.3 is 6.09 Å². The van der Waals surface area contributed by atoms with Crippen LogP contribution < -0.4 is 10.6 Å². The van der Waals surface area contributed by atoms with Crippen LogP contribution in [0.25, 0.3) is 0 Å². The van der Waals surface area contributed by atoms with Crippen molar-refractivity contribution in [2.45, 2.75) is 59.1 Å². The van der Waals surface area contributed by atoms with E-state index in [4.69, 9.17) is 10.5 Å². The molecule has 0 saturated carbocycles. The SMILES string of the molecule is CC(C)(C)OC(=O)N(CCC(=O)N1CCN(c2ccncc2N)CC1)C(C)(C)C. The van der Waals surface area contributed by atoms with Crippen molar-refractivity contribution in [1.82, 2.24) is 14.8 Å². The summed E-state index contributed by atoms with van der Waals surface area (Å²) >= 11 is 0. The Morgan fingerprint density at radius 3 is 2.28 bits per heavy atom. The van der Waals surface area contributed by atoms with E-state index in [9.17, 15) is 9.59 Å². The number of rotatable bonds is 4. The summed E-state index contributed by atoms with van der Waals surface area (Å²) in [7, 11) is 0. The first kappa shape index (κ1) is 22.8. The third-order valence-corrected chi connectivity index (χ3v) is 4.77. The molecule has 0 atom stereocenters. The van der Waals surface area contributed by atoms with Crippen LogP contribution in [0.15, 0.2) is 18.5 Å². The molecule has 1 aromatic heterocycles. The van der Waals surface area contributed by atoms with Gasteiger partial charge in [-0.05, 0) is 47.6 Å². The number of pyridine rings is 1. The average Bonchev–Trinajstić information content (AvgIpc) is 2.59. The molecule has 2 rings (SSSR count). The van der Waals surface area contributed by atoms with Gasteiger partial charge in [0.25, 0.3) is 0 Å². The van der Waals surface area contributed by atoms with Crippen molar-refractivity contribution in [2.75, 3.05) is 43.4 Å². The summed E-state index contributed by atoms with van der Waals surface area (Å²) in [5.74, 6) is 0.0464. The second-order valence-corrected chi connectivity index (χ2v) is 9.36. The monoisotopic (exact) mass is 405 g/mol. The predicted octanol–water partition coefficient (Wildman–Crippen LogP) is 2.74. The molecule has 0 unspecified atom stereocenters. The number of piperazine rings is 1. The van der Waals surface area contributed by atoms with Crippen LogP contribution in [0.4, 0.5) is 16.2 Å². The lowest BCUT2D eigenvalue weighted by atomic mass is 10.1. The van der Waals surface area contributed by atoms with E-state index in [1.807, 2.05) is 52.5 Å². The molecule has 0 aliphatic carbocycles. The maximum Gasteiger partial charge on any atom is 0.410 e. The van der Waals surface area contributed by atoms with Crippen LogP contribution in [0, 0.1) is 0 Å². The van der Waals surface area contributed by atoms with Gasteiger partial charge in [-0.2, -0.15) is 0 Å². The van der Waals surface area contributed by atoms with Gasteiger partial charge in [0.05, 0.1) is 17.6 Å². The molecule has 29 heavy (non-hydrogen) atoms. The van der Waals surface area contributed by atoms with Crippen molar-refractivity contribution in [1.29, 1.82) is 0 Å². The Labute approximate surface area is 174 Å². The predicted molar refractivity (Wildman–Crippen MR) is 115 cm³/mol. The number of amides is 2. The number of hydrogen-bond acceptors (Lipinski definition) is 6. The van der Waals surface area contributed by atoms with Crippen molar-refractivity contribution in [3.05, 3.63) is 18.5 Å². The second-order valence-electron chi connectivity index (χ2n) is 9.36.